The van der Waals surface area contributed by atoms with Crippen LogP contribution in [-0.4, -0.2) is 32.2 Å². The normalized spacial score (nSPS) is 17.6. The molecule has 0 fully saturated rings. The Morgan fingerprint density at radius 2 is 1.84 bits per heavy atom. The third-order valence-electron chi connectivity index (χ3n) is 4.10. The van der Waals surface area contributed by atoms with Crippen molar-refractivity contribution in [1.29, 1.82) is 0 Å². The van der Waals surface area contributed by atoms with E-state index in [0.717, 1.165) is 22.9 Å². The molecule has 0 atom stereocenters. The van der Waals surface area contributed by atoms with Gasteiger partial charge < -0.3 is 4.74 Å². The summed E-state index contributed by atoms with van der Waals surface area (Å²) in [4.78, 5) is 24.8. The molecular formula is C19H24O5S. The Bertz CT molecular complexity index is 860. The molecule has 0 spiro atoms. The summed E-state index contributed by atoms with van der Waals surface area (Å²) in [5.41, 5.74) is 2.76. The Balaban J connectivity index is 2.52. The first-order valence-corrected chi connectivity index (χ1v) is 10.2. The molecule has 6 heteroatoms. The van der Waals surface area contributed by atoms with Gasteiger partial charge in [-0.3, -0.25) is 9.59 Å². The van der Waals surface area contributed by atoms with Gasteiger partial charge >= 0.3 is 5.97 Å². The molecular weight excluding hydrogens is 340 g/mol. The van der Waals surface area contributed by atoms with Crippen molar-refractivity contribution in [3.63, 3.8) is 0 Å². The lowest BCUT2D eigenvalue weighted by molar-refractivity contribution is -0.137. The van der Waals surface area contributed by atoms with Gasteiger partial charge in [-0.15, -0.1) is 0 Å². The summed E-state index contributed by atoms with van der Waals surface area (Å²) in [6.07, 6.45) is 1.73. The number of rotatable bonds is 4. The number of hydrogen-bond donors (Lipinski definition) is 0. The summed E-state index contributed by atoms with van der Waals surface area (Å²) in [5.74, 6) is -1.39. The molecule has 2 rings (SSSR count). The summed E-state index contributed by atoms with van der Waals surface area (Å²) >= 11 is 0. The fraction of sp³-hybridized carbons (Fsp3) is 0.474. The largest absolute Gasteiger partial charge is 0.430 e. The smallest absolute Gasteiger partial charge is 0.326 e. The van der Waals surface area contributed by atoms with Crippen LogP contribution in [0, 0.1) is 19.3 Å². The summed E-state index contributed by atoms with van der Waals surface area (Å²) in [5, 5.41) is 0. The zero-order chi connectivity index (χ0) is 19.0. The summed E-state index contributed by atoms with van der Waals surface area (Å²) < 4.78 is 28.0. The number of carbonyl (C=O) groups excluding carboxylic acids is 2. The van der Waals surface area contributed by atoms with Crippen molar-refractivity contribution in [2.45, 2.75) is 40.5 Å². The van der Waals surface area contributed by atoms with Gasteiger partial charge in [-0.1, -0.05) is 37.6 Å². The van der Waals surface area contributed by atoms with E-state index in [-0.39, 0.29) is 17.0 Å². The molecule has 1 aromatic carbocycles. The summed E-state index contributed by atoms with van der Waals surface area (Å²) in [6.45, 7) is 7.71. The number of esters is 1. The Kier molecular flexibility index (Phi) is 5.23. The van der Waals surface area contributed by atoms with Crippen LogP contribution in [-0.2, 0) is 24.2 Å². The van der Waals surface area contributed by atoms with Gasteiger partial charge in [0.05, 0.1) is 5.57 Å². The predicted octanol–water partition coefficient (Wildman–Crippen LogP) is 2.99. The van der Waals surface area contributed by atoms with Crippen LogP contribution >= 0.6 is 0 Å². The van der Waals surface area contributed by atoms with Crippen LogP contribution in [0.2, 0.25) is 0 Å². The van der Waals surface area contributed by atoms with Crippen LogP contribution in [0.25, 0.3) is 5.57 Å². The SMILES string of the molecule is Cc1ccc(C2=C(OC(=O)CS(C)(=O)=O)CC(C)(C)CC2=O)c(C)c1. The molecule has 1 aliphatic carbocycles. The van der Waals surface area contributed by atoms with Crippen molar-refractivity contribution in [3.05, 3.63) is 40.6 Å². The average molecular weight is 364 g/mol. The maximum absolute atomic E-state index is 12.8. The van der Waals surface area contributed by atoms with E-state index in [1.54, 1.807) is 0 Å². The van der Waals surface area contributed by atoms with Gasteiger partial charge in [0, 0.05) is 19.1 Å². The van der Waals surface area contributed by atoms with Gasteiger partial charge in [-0.2, -0.15) is 0 Å². The highest BCUT2D eigenvalue weighted by molar-refractivity contribution is 7.91. The molecule has 0 heterocycles. The van der Waals surface area contributed by atoms with Gasteiger partial charge in [-0.25, -0.2) is 8.42 Å². The number of ether oxygens (including phenoxy) is 1. The maximum atomic E-state index is 12.8. The minimum Gasteiger partial charge on any atom is -0.430 e. The van der Waals surface area contributed by atoms with Gasteiger partial charge in [0.15, 0.2) is 15.6 Å². The van der Waals surface area contributed by atoms with Crippen LogP contribution < -0.4 is 0 Å². The third-order valence-corrected chi connectivity index (χ3v) is 4.86. The quantitative estimate of drug-likeness (QED) is 0.768. The molecule has 5 nitrogen and oxygen atoms in total. The molecule has 25 heavy (non-hydrogen) atoms. The van der Waals surface area contributed by atoms with Gasteiger partial charge in [0.1, 0.15) is 11.5 Å². The van der Waals surface area contributed by atoms with E-state index in [0.29, 0.717) is 18.4 Å². The number of aryl methyl sites for hydroxylation is 2. The molecule has 1 aliphatic rings. The van der Waals surface area contributed by atoms with Crippen LogP contribution in [0.1, 0.15) is 43.4 Å². The topological polar surface area (TPSA) is 77.5 Å². The maximum Gasteiger partial charge on any atom is 0.326 e. The second-order valence-corrected chi connectivity index (χ2v) is 9.74. The molecule has 0 bridgehead atoms. The molecule has 0 saturated heterocycles. The van der Waals surface area contributed by atoms with E-state index in [9.17, 15) is 18.0 Å². The first-order valence-electron chi connectivity index (χ1n) is 8.10. The lowest BCUT2D eigenvalue weighted by Gasteiger charge is -2.31. The Hall–Kier alpha value is -1.95. The second kappa shape index (κ2) is 6.75. The molecule has 1 aromatic rings. The van der Waals surface area contributed by atoms with Crippen LogP contribution in [0.3, 0.4) is 0 Å². The van der Waals surface area contributed by atoms with Gasteiger partial charge in [0.2, 0.25) is 0 Å². The van der Waals surface area contributed by atoms with Crippen molar-refractivity contribution in [2.75, 3.05) is 12.0 Å². The number of carbonyl (C=O) groups is 2. The predicted molar refractivity (Wildman–Crippen MR) is 96.7 cm³/mol. The van der Waals surface area contributed by atoms with E-state index in [4.69, 9.17) is 4.74 Å². The van der Waals surface area contributed by atoms with Gasteiger partial charge in [0.25, 0.3) is 0 Å². The van der Waals surface area contributed by atoms with Crippen LogP contribution in [0.5, 0.6) is 0 Å². The molecule has 0 radical (unpaired) electrons. The Morgan fingerprint density at radius 3 is 2.40 bits per heavy atom. The van der Waals surface area contributed by atoms with E-state index in [1.165, 1.54) is 0 Å². The van der Waals surface area contributed by atoms with Crippen molar-refractivity contribution in [2.24, 2.45) is 5.41 Å². The van der Waals surface area contributed by atoms with E-state index < -0.39 is 21.6 Å². The first-order chi connectivity index (χ1) is 11.4. The monoisotopic (exact) mass is 364 g/mol. The number of sulfone groups is 1. The molecule has 0 saturated carbocycles. The highest BCUT2D eigenvalue weighted by atomic mass is 32.2. The third kappa shape index (κ3) is 5.01. The number of Topliss-reactive ketones (excluding diaryl/α,β-unsaturated/α-hetero) is 1. The zero-order valence-corrected chi connectivity index (χ0v) is 16.1. The summed E-state index contributed by atoms with van der Waals surface area (Å²) in [7, 11) is -3.49. The van der Waals surface area contributed by atoms with E-state index in [1.807, 2.05) is 45.9 Å². The van der Waals surface area contributed by atoms with E-state index in [2.05, 4.69) is 0 Å². The lowest BCUT2D eigenvalue weighted by atomic mass is 9.74. The molecule has 0 N–H and O–H groups in total. The summed E-state index contributed by atoms with van der Waals surface area (Å²) in [6, 6.07) is 5.71. The Labute approximate surface area is 149 Å². The molecule has 0 aromatic heterocycles. The highest BCUT2D eigenvalue weighted by Crippen LogP contribution is 2.41. The van der Waals surface area contributed by atoms with Crippen LogP contribution in [0.4, 0.5) is 0 Å². The van der Waals surface area contributed by atoms with Crippen molar-refractivity contribution in [3.8, 4) is 0 Å². The van der Waals surface area contributed by atoms with Gasteiger partial charge in [-0.05, 0) is 30.4 Å². The van der Waals surface area contributed by atoms with Crippen molar-refractivity contribution in [1.82, 2.24) is 0 Å². The number of ketones is 1. The fourth-order valence-electron chi connectivity index (χ4n) is 3.13. The minimum atomic E-state index is -3.49. The standard InChI is InChI=1S/C19H24O5S/c1-12-6-7-14(13(2)8-12)18-15(20)9-19(3,4)10-16(18)24-17(21)11-25(5,22)23/h6-8H,9-11H2,1-5H3. The van der Waals surface area contributed by atoms with E-state index >= 15 is 0 Å². The zero-order valence-electron chi connectivity index (χ0n) is 15.3. The molecule has 0 unspecified atom stereocenters. The minimum absolute atomic E-state index is 0.0923. The molecule has 0 aliphatic heterocycles. The number of hydrogen-bond acceptors (Lipinski definition) is 5. The number of allylic oxidation sites excluding steroid dienone is 2. The fourth-order valence-corrected chi connectivity index (χ4v) is 3.61. The van der Waals surface area contributed by atoms with Crippen molar-refractivity contribution < 1.29 is 22.7 Å². The number of benzene rings is 1. The lowest BCUT2D eigenvalue weighted by Crippen LogP contribution is -2.28. The molecule has 0 amide bonds. The highest BCUT2D eigenvalue weighted by Gasteiger charge is 2.36. The Morgan fingerprint density at radius 1 is 1.20 bits per heavy atom. The second-order valence-electron chi connectivity index (χ2n) is 7.60. The first kappa shape index (κ1) is 19.4. The average Bonchev–Trinajstić information content (AvgIpc) is 2.36. The molecule has 136 valence electrons. The van der Waals surface area contributed by atoms with Crippen LogP contribution in [0.15, 0.2) is 24.0 Å². The van der Waals surface area contributed by atoms with Crippen molar-refractivity contribution >= 4 is 27.2 Å².